The van der Waals surface area contributed by atoms with E-state index in [-0.39, 0.29) is 0 Å². The maximum Gasteiger partial charge on any atom is 0.119 e. The minimum Gasteiger partial charge on any atom is -0.497 e. The second-order valence-corrected chi connectivity index (χ2v) is 4.21. The molecule has 0 heterocycles. The molecule has 0 aliphatic rings. The van der Waals surface area contributed by atoms with E-state index in [1.165, 1.54) is 30.4 Å². The topological polar surface area (TPSA) is 21.3 Å². The number of nitrogens with one attached hydrogen (secondary N) is 1. The quantitative estimate of drug-likeness (QED) is 0.794. The predicted molar refractivity (Wildman–Crippen MR) is 69.1 cm³/mol. The number of rotatable bonds is 6. The summed E-state index contributed by atoms with van der Waals surface area (Å²) in [4.78, 5) is 0. The molecule has 1 unspecified atom stereocenters. The first-order valence-corrected chi connectivity index (χ1v) is 6.04. The van der Waals surface area contributed by atoms with Gasteiger partial charge in [0.1, 0.15) is 5.75 Å². The Labute approximate surface area is 99.0 Å². The average molecular weight is 221 g/mol. The summed E-state index contributed by atoms with van der Waals surface area (Å²) in [6, 6.07) is 6.78. The monoisotopic (exact) mass is 221 g/mol. The van der Waals surface area contributed by atoms with Gasteiger partial charge in [-0.05, 0) is 43.7 Å². The first-order valence-electron chi connectivity index (χ1n) is 6.04. The van der Waals surface area contributed by atoms with Crippen LogP contribution in [-0.2, 0) is 0 Å². The Kier molecular flexibility index (Phi) is 5.33. The van der Waals surface area contributed by atoms with Crippen LogP contribution in [0.4, 0.5) is 0 Å². The molecule has 0 spiro atoms. The van der Waals surface area contributed by atoms with Crippen LogP contribution in [0.5, 0.6) is 5.75 Å². The van der Waals surface area contributed by atoms with Gasteiger partial charge in [0.25, 0.3) is 0 Å². The lowest BCUT2D eigenvalue weighted by atomic mass is 9.97. The fraction of sp³-hybridized carbons (Fsp3) is 0.571. The molecule has 0 bridgehead atoms. The lowest BCUT2D eigenvalue weighted by Gasteiger charge is -2.19. The summed E-state index contributed by atoms with van der Waals surface area (Å²) in [5.74, 6) is 0.937. The van der Waals surface area contributed by atoms with Gasteiger partial charge in [0.15, 0.2) is 0 Å². The normalized spacial score (nSPS) is 12.5. The van der Waals surface area contributed by atoms with Crippen molar-refractivity contribution in [2.75, 3.05) is 14.2 Å². The van der Waals surface area contributed by atoms with E-state index in [0.717, 1.165) is 5.75 Å². The van der Waals surface area contributed by atoms with Crippen molar-refractivity contribution >= 4 is 0 Å². The van der Waals surface area contributed by atoms with Gasteiger partial charge in [-0.25, -0.2) is 0 Å². The van der Waals surface area contributed by atoms with Gasteiger partial charge in [-0.1, -0.05) is 25.8 Å². The highest BCUT2D eigenvalue weighted by Crippen LogP contribution is 2.25. The van der Waals surface area contributed by atoms with Gasteiger partial charge in [-0.15, -0.1) is 0 Å². The van der Waals surface area contributed by atoms with Crippen molar-refractivity contribution in [1.82, 2.24) is 5.32 Å². The minimum atomic E-state index is 0.464. The van der Waals surface area contributed by atoms with Crippen LogP contribution in [0.15, 0.2) is 18.2 Å². The molecular weight excluding hydrogens is 198 g/mol. The van der Waals surface area contributed by atoms with Crippen molar-refractivity contribution < 1.29 is 4.74 Å². The maximum absolute atomic E-state index is 5.22. The number of methoxy groups -OCH3 is 1. The molecule has 0 aliphatic carbocycles. The lowest BCUT2D eigenvalue weighted by Crippen LogP contribution is -2.17. The SMILES string of the molecule is CCCCC(NC)c1ccc(OC)cc1C. The van der Waals surface area contributed by atoms with Crippen LogP contribution in [0.1, 0.15) is 43.4 Å². The summed E-state index contributed by atoms with van der Waals surface area (Å²) in [6.45, 7) is 4.38. The zero-order valence-electron chi connectivity index (χ0n) is 10.8. The fourth-order valence-electron chi connectivity index (χ4n) is 2.03. The molecule has 90 valence electrons. The Morgan fingerprint density at radius 3 is 2.62 bits per heavy atom. The van der Waals surface area contributed by atoms with E-state index < -0.39 is 0 Å². The third-order valence-corrected chi connectivity index (χ3v) is 3.05. The van der Waals surface area contributed by atoms with Gasteiger partial charge in [0.05, 0.1) is 7.11 Å². The molecule has 0 fully saturated rings. The zero-order valence-corrected chi connectivity index (χ0v) is 10.8. The number of hydrogen-bond donors (Lipinski definition) is 1. The molecule has 0 saturated heterocycles. The first kappa shape index (κ1) is 13.0. The Hall–Kier alpha value is -1.02. The number of ether oxygens (including phenoxy) is 1. The van der Waals surface area contributed by atoms with Crippen molar-refractivity contribution in [1.29, 1.82) is 0 Å². The highest BCUT2D eigenvalue weighted by molar-refractivity contribution is 5.36. The standard InChI is InChI=1S/C14H23NO/c1-5-6-7-14(15-3)13-9-8-12(16-4)10-11(13)2/h8-10,14-15H,5-7H2,1-4H3. The van der Waals surface area contributed by atoms with E-state index in [9.17, 15) is 0 Å². The largest absolute Gasteiger partial charge is 0.497 e. The van der Waals surface area contributed by atoms with E-state index in [4.69, 9.17) is 4.74 Å². The molecule has 0 saturated carbocycles. The smallest absolute Gasteiger partial charge is 0.119 e. The second kappa shape index (κ2) is 6.54. The van der Waals surface area contributed by atoms with E-state index >= 15 is 0 Å². The molecule has 1 atom stereocenters. The number of aryl methyl sites for hydroxylation is 1. The Morgan fingerprint density at radius 2 is 2.12 bits per heavy atom. The predicted octanol–water partition coefficient (Wildman–Crippen LogP) is 3.45. The molecule has 1 rings (SSSR count). The van der Waals surface area contributed by atoms with Crippen molar-refractivity contribution in [3.8, 4) is 5.75 Å². The number of unbranched alkanes of at least 4 members (excludes halogenated alkanes) is 1. The maximum atomic E-state index is 5.22. The Bertz CT molecular complexity index is 323. The van der Waals surface area contributed by atoms with Gasteiger partial charge in [0.2, 0.25) is 0 Å². The van der Waals surface area contributed by atoms with Crippen LogP contribution in [0.25, 0.3) is 0 Å². The van der Waals surface area contributed by atoms with Crippen LogP contribution in [-0.4, -0.2) is 14.2 Å². The molecule has 0 amide bonds. The van der Waals surface area contributed by atoms with E-state index in [0.29, 0.717) is 6.04 Å². The summed E-state index contributed by atoms with van der Waals surface area (Å²) in [5.41, 5.74) is 2.69. The summed E-state index contributed by atoms with van der Waals surface area (Å²) < 4.78 is 5.22. The van der Waals surface area contributed by atoms with Crippen LogP contribution in [0, 0.1) is 6.92 Å². The van der Waals surface area contributed by atoms with Crippen molar-refractivity contribution in [3.05, 3.63) is 29.3 Å². The van der Waals surface area contributed by atoms with Gasteiger partial charge < -0.3 is 10.1 Å². The molecule has 0 radical (unpaired) electrons. The summed E-state index contributed by atoms with van der Waals surface area (Å²) in [5, 5.41) is 3.39. The molecule has 2 heteroatoms. The van der Waals surface area contributed by atoms with Crippen LogP contribution < -0.4 is 10.1 Å². The summed E-state index contributed by atoms with van der Waals surface area (Å²) >= 11 is 0. The molecular formula is C14H23NO. The number of benzene rings is 1. The minimum absolute atomic E-state index is 0.464. The highest BCUT2D eigenvalue weighted by atomic mass is 16.5. The number of hydrogen-bond acceptors (Lipinski definition) is 2. The lowest BCUT2D eigenvalue weighted by molar-refractivity contribution is 0.413. The van der Waals surface area contributed by atoms with Crippen LogP contribution in [0.2, 0.25) is 0 Å². The van der Waals surface area contributed by atoms with Crippen LogP contribution >= 0.6 is 0 Å². The average Bonchev–Trinajstić information content (AvgIpc) is 2.31. The Morgan fingerprint density at radius 1 is 1.38 bits per heavy atom. The van der Waals surface area contributed by atoms with E-state index in [2.05, 4.69) is 31.3 Å². The zero-order chi connectivity index (χ0) is 12.0. The van der Waals surface area contributed by atoms with Crippen molar-refractivity contribution in [2.45, 2.75) is 39.2 Å². The van der Waals surface area contributed by atoms with Crippen LogP contribution in [0.3, 0.4) is 0 Å². The Balaban J connectivity index is 2.83. The second-order valence-electron chi connectivity index (χ2n) is 4.21. The molecule has 1 N–H and O–H groups in total. The third kappa shape index (κ3) is 3.24. The van der Waals surface area contributed by atoms with Gasteiger partial charge in [0, 0.05) is 6.04 Å². The molecule has 16 heavy (non-hydrogen) atoms. The van der Waals surface area contributed by atoms with Gasteiger partial charge >= 0.3 is 0 Å². The highest BCUT2D eigenvalue weighted by Gasteiger charge is 2.11. The van der Waals surface area contributed by atoms with E-state index in [1.54, 1.807) is 7.11 Å². The van der Waals surface area contributed by atoms with Gasteiger partial charge in [-0.3, -0.25) is 0 Å². The summed E-state index contributed by atoms with van der Waals surface area (Å²) in [7, 11) is 3.74. The van der Waals surface area contributed by atoms with Gasteiger partial charge in [-0.2, -0.15) is 0 Å². The fourth-order valence-corrected chi connectivity index (χ4v) is 2.03. The molecule has 1 aromatic rings. The molecule has 0 aliphatic heterocycles. The third-order valence-electron chi connectivity index (χ3n) is 3.05. The van der Waals surface area contributed by atoms with Crippen molar-refractivity contribution in [2.24, 2.45) is 0 Å². The first-order chi connectivity index (χ1) is 7.72. The van der Waals surface area contributed by atoms with E-state index in [1.807, 2.05) is 13.1 Å². The molecule has 1 aromatic carbocycles. The molecule has 0 aromatic heterocycles. The summed E-state index contributed by atoms with van der Waals surface area (Å²) in [6.07, 6.45) is 3.70. The molecule has 2 nitrogen and oxygen atoms in total. The van der Waals surface area contributed by atoms with Crippen molar-refractivity contribution in [3.63, 3.8) is 0 Å².